The lowest BCUT2D eigenvalue weighted by Gasteiger charge is -2.34. The largest absolute Gasteiger partial charge is 0.364 e. The van der Waals surface area contributed by atoms with Gasteiger partial charge >= 0.3 is 0 Å². The Balaban J connectivity index is 2.18. The molecule has 2 heterocycles. The van der Waals surface area contributed by atoms with Gasteiger partial charge in [-0.1, -0.05) is 39.0 Å². The number of aromatic nitrogens is 2. The van der Waals surface area contributed by atoms with Crippen LogP contribution >= 0.6 is 0 Å². The Morgan fingerprint density at radius 1 is 1.07 bits per heavy atom. The lowest BCUT2D eigenvalue weighted by Crippen LogP contribution is -2.36. The number of nitro benzene ring substituents is 1. The Labute approximate surface area is 159 Å². The molecular formula is C21H26N4O2. The van der Waals surface area contributed by atoms with E-state index in [2.05, 4.69) is 39.9 Å². The molecule has 0 fully saturated rings. The van der Waals surface area contributed by atoms with Gasteiger partial charge in [0.25, 0.3) is 5.69 Å². The van der Waals surface area contributed by atoms with Crippen molar-refractivity contribution in [3.63, 3.8) is 0 Å². The predicted octanol–water partition coefficient (Wildman–Crippen LogP) is 5.54. The third-order valence-electron chi connectivity index (χ3n) is 4.31. The fraction of sp³-hybridized carbons (Fsp3) is 0.381. The first-order valence-electron chi connectivity index (χ1n) is 9.06. The van der Waals surface area contributed by atoms with Crippen LogP contribution in [0.2, 0.25) is 0 Å². The molecule has 6 nitrogen and oxygen atoms in total. The van der Waals surface area contributed by atoms with Crippen LogP contribution in [0.5, 0.6) is 0 Å². The Morgan fingerprint density at radius 2 is 1.74 bits per heavy atom. The van der Waals surface area contributed by atoms with Gasteiger partial charge in [-0.2, -0.15) is 0 Å². The minimum atomic E-state index is -0.358. The van der Waals surface area contributed by atoms with Crippen LogP contribution in [0.15, 0.2) is 48.7 Å². The number of anilines is 1. The molecule has 0 spiro atoms. The Morgan fingerprint density at radius 3 is 2.41 bits per heavy atom. The number of benzene rings is 1. The van der Waals surface area contributed by atoms with Gasteiger partial charge in [0.2, 0.25) is 0 Å². The third kappa shape index (κ3) is 4.10. The highest BCUT2D eigenvalue weighted by Crippen LogP contribution is 2.37. The second-order valence-electron chi connectivity index (χ2n) is 8.76. The van der Waals surface area contributed by atoms with E-state index in [1.165, 1.54) is 6.07 Å². The molecule has 0 aliphatic heterocycles. The van der Waals surface area contributed by atoms with E-state index in [4.69, 9.17) is 4.98 Å². The van der Waals surface area contributed by atoms with Crippen LogP contribution in [0.4, 0.5) is 11.5 Å². The molecule has 0 bridgehead atoms. The minimum Gasteiger partial charge on any atom is -0.364 e. The Hall–Kier alpha value is -2.89. The number of para-hydroxylation sites is 1. The summed E-state index contributed by atoms with van der Waals surface area (Å²) in [5, 5.41) is 15.2. The van der Waals surface area contributed by atoms with Crippen molar-refractivity contribution in [3.05, 3.63) is 58.8 Å². The number of hydrogen-bond donors (Lipinski definition) is 1. The van der Waals surface area contributed by atoms with Crippen molar-refractivity contribution in [2.75, 3.05) is 5.32 Å². The number of imidazole rings is 1. The molecule has 3 rings (SSSR count). The number of hydrogen-bond acceptors (Lipinski definition) is 4. The summed E-state index contributed by atoms with van der Waals surface area (Å²) in [4.78, 5) is 15.9. The van der Waals surface area contributed by atoms with E-state index in [1.54, 1.807) is 18.2 Å². The van der Waals surface area contributed by atoms with Gasteiger partial charge < -0.3 is 5.32 Å². The zero-order valence-electron chi connectivity index (χ0n) is 16.5. The molecule has 0 radical (unpaired) electrons. The summed E-state index contributed by atoms with van der Waals surface area (Å²) < 4.78 is 1.95. The van der Waals surface area contributed by atoms with Crippen molar-refractivity contribution < 1.29 is 4.92 Å². The first-order chi connectivity index (χ1) is 12.6. The van der Waals surface area contributed by atoms with Crippen molar-refractivity contribution in [2.45, 2.75) is 46.6 Å². The van der Waals surface area contributed by atoms with Crippen molar-refractivity contribution >= 4 is 17.2 Å². The van der Waals surface area contributed by atoms with Crippen molar-refractivity contribution in [1.82, 2.24) is 9.38 Å². The van der Waals surface area contributed by atoms with Crippen LogP contribution < -0.4 is 5.32 Å². The fourth-order valence-corrected chi connectivity index (χ4v) is 3.83. The molecule has 0 amide bonds. The Kier molecular flexibility index (Phi) is 4.68. The van der Waals surface area contributed by atoms with E-state index in [1.807, 2.05) is 28.8 Å². The topological polar surface area (TPSA) is 72.5 Å². The second-order valence-corrected chi connectivity index (χ2v) is 8.76. The quantitative estimate of drug-likeness (QED) is 0.475. The molecule has 2 aromatic heterocycles. The van der Waals surface area contributed by atoms with Crippen LogP contribution in [-0.2, 0) is 0 Å². The van der Waals surface area contributed by atoms with Gasteiger partial charge in [0.1, 0.15) is 17.2 Å². The minimum absolute atomic E-state index is 0.0533. The van der Waals surface area contributed by atoms with Crippen LogP contribution in [0, 0.1) is 15.5 Å². The van der Waals surface area contributed by atoms with Crippen LogP contribution in [0.3, 0.4) is 0 Å². The molecule has 0 atom stereocenters. The number of rotatable bonds is 5. The van der Waals surface area contributed by atoms with E-state index in [9.17, 15) is 10.1 Å². The molecular weight excluding hydrogens is 340 g/mol. The number of nitro groups is 1. The summed E-state index contributed by atoms with van der Waals surface area (Å²) in [6, 6.07) is 12.5. The van der Waals surface area contributed by atoms with E-state index in [0.717, 1.165) is 17.9 Å². The summed E-state index contributed by atoms with van der Waals surface area (Å²) in [6.45, 7) is 10.9. The molecule has 0 aliphatic rings. The van der Waals surface area contributed by atoms with Crippen LogP contribution in [0.1, 0.15) is 41.0 Å². The predicted molar refractivity (Wildman–Crippen MR) is 109 cm³/mol. The van der Waals surface area contributed by atoms with E-state index in [-0.39, 0.29) is 21.6 Å². The summed E-state index contributed by atoms with van der Waals surface area (Å²) in [5.74, 6) is 0.772. The fourth-order valence-electron chi connectivity index (χ4n) is 3.83. The summed E-state index contributed by atoms with van der Waals surface area (Å²) in [7, 11) is 0. The SMILES string of the molecule is CC(C)(C)CC(C)(C)Nc1c(-c2ccccc2[N+](=O)[O-])nc2ccccn12. The monoisotopic (exact) mass is 366 g/mol. The average molecular weight is 366 g/mol. The number of fused-ring (bicyclic) bond motifs is 1. The molecule has 0 saturated carbocycles. The average Bonchev–Trinajstić information content (AvgIpc) is 2.90. The van der Waals surface area contributed by atoms with Gasteiger partial charge in [0.15, 0.2) is 0 Å². The molecule has 0 saturated heterocycles. The molecule has 27 heavy (non-hydrogen) atoms. The third-order valence-corrected chi connectivity index (χ3v) is 4.31. The maximum Gasteiger partial charge on any atom is 0.278 e. The van der Waals surface area contributed by atoms with Crippen LogP contribution in [0.25, 0.3) is 16.9 Å². The molecule has 6 heteroatoms. The first kappa shape index (κ1) is 18.9. The number of nitrogens with one attached hydrogen (secondary N) is 1. The summed E-state index contributed by atoms with van der Waals surface area (Å²) in [6.07, 6.45) is 2.85. The summed E-state index contributed by atoms with van der Waals surface area (Å²) >= 11 is 0. The van der Waals surface area contributed by atoms with Crippen molar-refractivity contribution in [3.8, 4) is 11.3 Å². The molecule has 0 aliphatic carbocycles. The van der Waals surface area contributed by atoms with Gasteiger partial charge in [-0.3, -0.25) is 14.5 Å². The van der Waals surface area contributed by atoms with Gasteiger partial charge in [0.05, 0.1) is 10.5 Å². The highest BCUT2D eigenvalue weighted by atomic mass is 16.6. The Bertz CT molecular complexity index is 983. The standard InChI is InChI=1S/C21H26N4O2/c1-20(2,3)14-21(4,5)23-19-18(22-17-12-8-9-13-24(17)19)15-10-6-7-11-16(15)25(26)27/h6-13,23H,14H2,1-5H3. The lowest BCUT2D eigenvalue weighted by atomic mass is 9.82. The molecule has 142 valence electrons. The zero-order valence-corrected chi connectivity index (χ0v) is 16.5. The first-order valence-corrected chi connectivity index (χ1v) is 9.06. The van der Waals surface area contributed by atoms with Crippen molar-refractivity contribution in [2.24, 2.45) is 5.41 Å². The van der Waals surface area contributed by atoms with E-state index < -0.39 is 0 Å². The molecule has 1 aromatic carbocycles. The van der Waals surface area contributed by atoms with Gasteiger partial charge in [-0.05, 0) is 43.9 Å². The van der Waals surface area contributed by atoms with Crippen molar-refractivity contribution in [1.29, 1.82) is 0 Å². The van der Waals surface area contributed by atoms with Crippen LogP contribution in [-0.4, -0.2) is 19.8 Å². The smallest absolute Gasteiger partial charge is 0.278 e. The molecule has 3 aromatic rings. The second kappa shape index (κ2) is 6.68. The molecule has 1 N–H and O–H groups in total. The number of nitrogens with zero attached hydrogens (tertiary/aromatic N) is 3. The zero-order chi connectivity index (χ0) is 19.8. The highest BCUT2D eigenvalue weighted by molar-refractivity contribution is 5.82. The maximum atomic E-state index is 11.5. The van der Waals surface area contributed by atoms with Gasteiger partial charge in [-0.15, -0.1) is 0 Å². The molecule has 0 unspecified atom stereocenters. The van der Waals surface area contributed by atoms with Gasteiger partial charge in [-0.25, -0.2) is 4.98 Å². The van der Waals surface area contributed by atoms with E-state index in [0.29, 0.717) is 11.3 Å². The highest BCUT2D eigenvalue weighted by Gasteiger charge is 2.29. The summed E-state index contributed by atoms with van der Waals surface area (Å²) in [5.41, 5.74) is 1.83. The normalized spacial score (nSPS) is 12.3. The lowest BCUT2D eigenvalue weighted by molar-refractivity contribution is -0.384. The van der Waals surface area contributed by atoms with Gasteiger partial charge in [0, 0.05) is 17.8 Å². The maximum absolute atomic E-state index is 11.5. The van der Waals surface area contributed by atoms with E-state index >= 15 is 0 Å². The number of pyridine rings is 1.